The third-order valence-corrected chi connectivity index (χ3v) is 5.68. The van der Waals surface area contributed by atoms with Crippen molar-refractivity contribution in [3.8, 4) is 0 Å². The van der Waals surface area contributed by atoms with Crippen molar-refractivity contribution >= 4 is 0 Å². The lowest BCUT2D eigenvalue weighted by molar-refractivity contribution is -0.0223. The van der Waals surface area contributed by atoms with Crippen molar-refractivity contribution in [3.63, 3.8) is 0 Å². The second-order valence-electron chi connectivity index (χ2n) is 6.82. The maximum absolute atomic E-state index is 3.47. The molecule has 0 aromatic rings. The fraction of sp³-hybridized carbons (Fsp3) is 1.00. The molecule has 3 aliphatic rings. The number of hydrogen-bond acceptors (Lipinski definition) is 3. The van der Waals surface area contributed by atoms with Gasteiger partial charge < -0.3 is 15.1 Å². The Morgan fingerprint density at radius 2 is 1.72 bits per heavy atom. The van der Waals surface area contributed by atoms with Crippen molar-refractivity contribution in [1.29, 1.82) is 0 Å². The molecule has 18 heavy (non-hydrogen) atoms. The molecule has 104 valence electrons. The minimum absolute atomic E-state index is 0.707. The lowest BCUT2D eigenvalue weighted by atomic mass is 9.58. The second-order valence-corrected chi connectivity index (χ2v) is 6.82. The van der Waals surface area contributed by atoms with E-state index in [0.717, 1.165) is 5.92 Å². The summed E-state index contributed by atoms with van der Waals surface area (Å²) < 4.78 is 0. The molecule has 0 spiro atoms. The molecule has 1 N–H and O–H groups in total. The summed E-state index contributed by atoms with van der Waals surface area (Å²) in [4.78, 5) is 5.24. The highest BCUT2D eigenvalue weighted by Crippen LogP contribution is 2.51. The molecule has 0 amide bonds. The van der Waals surface area contributed by atoms with Gasteiger partial charge in [0.25, 0.3) is 0 Å². The van der Waals surface area contributed by atoms with E-state index in [9.17, 15) is 0 Å². The highest BCUT2D eigenvalue weighted by atomic mass is 15.2. The van der Waals surface area contributed by atoms with Crippen LogP contribution in [0.5, 0.6) is 0 Å². The smallest absolute Gasteiger partial charge is 0.0108 e. The van der Waals surface area contributed by atoms with Crippen molar-refractivity contribution in [3.05, 3.63) is 0 Å². The number of likely N-dealkylation sites (tertiary alicyclic amines) is 1. The first-order valence-electron chi connectivity index (χ1n) is 7.90. The van der Waals surface area contributed by atoms with Crippen LogP contribution in [0, 0.1) is 11.3 Å². The van der Waals surface area contributed by atoms with Crippen LogP contribution in [0.25, 0.3) is 0 Å². The molecule has 0 atom stereocenters. The van der Waals surface area contributed by atoms with Gasteiger partial charge in [-0.3, -0.25) is 0 Å². The Hall–Kier alpha value is -0.120. The van der Waals surface area contributed by atoms with Crippen LogP contribution in [0.3, 0.4) is 0 Å². The predicted octanol–water partition coefficient (Wildman–Crippen LogP) is 1.40. The first kappa shape index (κ1) is 12.9. The third-order valence-electron chi connectivity index (χ3n) is 5.68. The lowest BCUT2D eigenvalue weighted by Crippen LogP contribution is -2.53. The van der Waals surface area contributed by atoms with Gasteiger partial charge in [0.2, 0.25) is 0 Å². The minimum atomic E-state index is 0.707. The average Bonchev–Trinajstić information content (AvgIpc) is 2.36. The van der Waals surface area contributed by atoms with Gasteiger partial charge in [-0.1, -0.05) is 6.42 Å². The molecule has 0 aromatic carbocycles. The fourth-order valence-electron chi connectivity index (χ4n) is 4.26. The Labute approximate surface area is 112 Å². The summed E-state index contributed by atoms with van der Waals surface area (Å²) in [7, 11) is 2.28. The molecule has 2 saturated heterocycles. The van der Waals surface area contributed by atoms with E-state index in [2.05, 4.69) is 22.2 Å². The molecule has 3 fully saturated rings. The van der Waals surface area contributed by atoms with Gasteiger partial charge in [0, 0.05) is 32.7 Å². The maximum atomic E-state index is 3.47. The van der Waals surface area contributed by atoms with E-state index < -0.39 is 0 Å². The zero-order valence-corrected chi connectivity index (χ0v) is 12.0. The summed E-state index contributed by atoms with van der Waals surface area (Å²) in [6, 6.07) is 0. The van der Waals surface area contributed by atoms with E-state index in [0.29, 0.717) is 5.41 Å². The highest BCUT2D eigenvalue weighted by molar-refractivity contribution is 4.97. The van der Waals surface area contributed by atoms with Gasteiger partial charge in [-0.25, -0.2) is 0 Å². The molecule has 1 saturated carbocycles. The quantitative estimate of drug-likeness (QED) is 0.818. The van der Waals surface area contributed by atoms with Crippen LogP contribution in [-0.4, -0.2) is 62.7 Å². The normalized spacial score (nSPS) is 31.2. The van der Waals surface area contributed by atoms with Gasteiger partial charge in [0.05, 0.1) is 0 Å². The van der Waals surface area contributed by atoms with E-state index in [1.807, 2.05) is 0 Å². The molecule has 3 rings (SSSR count). The van der Waals surface area contributed by atoms with E-state index in [4.69, 9.17) is 0 Å². The van der Waals surface area contributed by atoms with Gasteiger partial charge in [-0.2, -0.15) is 0 Å². The minimum Gasteiger partial charge on any atom is -0.314 e. The Kier molecular flexibility index (Phi) is 3.92. The van der Waals surface area contributed by atoms with Crippen molar-refractivity contribution < 1.29 is 0 Å². The van der Waals surface area contributed by atoms with Crippen molar-refractivity contribution in [2.75, 3.05) is 52.9 Å². The molecule has 2 aliphatic heterocycles. The largest absolute Gasteiger partial charge is 0.314 e. The summed E-state index contributed by atoms with van der Waals surface area (Å²) in [6.45, 7) is 8.99. The standard InChI is InChI=1S/C15H29N3/c1-17-9-3-14(4-10-17)15(5-2-6-15)13-18-11-7-16-8-12-18/h14,16H,2-13H2,1H3. The monoisotopic (exact) mass is 251 g/mol. The summed E-state index contributed by atoms with van der Waals surface area (Å²) >= 11 is 0. The molecule has 3 heteroatoms. The van der Waals surface area contributed by atoms with Crippen molar-refractivity contribution in [2.24, 2.45) is 11.3 Å². The van der Waals surface area contributed by atoms with Crippen LogP contribution in [-0.2, 0) is 0 Å². The van der Waals surface area contributed by atoms with Gasteiger partial charge in [0.15, 0.2) is 0 Å². The summed E-state index contributed by atoms with van der Waals surface area (Å²) in [5, 5.41) is 3.47. The molecule has 0 bridgehead atoms. The molecular formula is C15H29N3. The molecular weight excluding hydrogens is 222 g/mol. The topological polar surface area (TPSA) is 18.5 Å². The molecule has 1 aliphatic carbocycles. The van der Waals surface area contributed by atoms with Gasteiger partial charge in [-0.15, -0.1) is 0 Å². The van der Waals surface area contributed by atoms with Crippen LogP contribution < -0.4 is 5.32 Å². The van der Waals surface area contributed by atoms with Crippen LogP contribution in [0.4, 0.5) is 0 Å². The van der Waals surface area contributed by atoms with E-state index >= 15 is 0 Å². The Balaban J connectivity index is 1.59. The van der Waals surface area contributed by atoms with Gasteiger partial charge >= 0.3 is 0 Å². The average molecular weight is 251 g/mol. The van der Waals surface area contributed by atoms with Crippen LogP contribution in [0.15, 0.2) is 0 Å². The Morgan fingerprint density at radius 3 is 2.28 bits per heavy atom. The first-order chi connectivity index (χ1) is 8.78. The van der Waals surface area contributed by atoms with Gasteiger partial charge in [-0.05, 0) is 57.2 Å². The number of nitrogens with zero attached hydrogens (tertiary/aromatic N) is 2. The van der Waals surface area contributed by atoms with E-state index in [1.165, 1.54) is 77.9 Å². The third kappa shape index (κ3) is 2.59. The molecule has 2 heterocycles. The number of hydrogen-bond donors (Lipinski definition) is 1. The molecule has 0 aromatic heterocycles. The van der Waals surface area contributed by atoms with Crippen molar-refractivity contribution in [1.82, 2.24) is 15.1 Å². The summed E-state index contributed by atoms with van der Waals surface area (Å²) in [6.07, 6.45) is 7.39. The number of nitrogens with one attached hydrogen (secondary N) is 1. The zero-order chi connectivity index (χ0) is 12.4. The highest BCUT2D eigenvalue weighted by Gasteiger charge is 2.45. The van der Waals surface area contributed by atoms with Gasteiger partial charge in [0.1, 0.15) is 0 Å². The number of rotatable bonds is 3. The van der Waals surface area contributed by atoms with Crippen LogP contribution in [0.2, 0.25) is 0 Å². The first-order valence-corrected chi connectivity index (χ1v) is 7.90. The van der Waals surface area contributed by atoms with Crippen LogP contribution >= 0.6 is 0 Å². The maximum Gasteiger partial charge on any atom is 0.0108 e. The Bertz CT molecular complexity index is 261. The zero-order valence-electron chi connectivity index (χ0n) is 12.0. The summed E-state index contributed by atoms with van der Waals surface area (Å²) in [5.41, 5.74) is 0.707. The van der Waals surface area contributed by atoms with E-state index in [-0.39, 0.29) is 0 Å². The molecule has 0 radical (unpaired) electrons. The van der Waals surface area contributed by atoms with E-state index in [1.54, 1.807) is 0 Å². The Morgan fingerprint density at radius 1 is 1.06 bits per heavy atom. The fourth-order valence-corrected chi connectivity index (χ4v) is 4.26. The SMILES string of the molecule is CN1CCC(C2(CN3CCNCC3)CCC2)CC1. The van der Waals surface area contributed by atoms with Crippen LogP contribution in [0.1, 0.15) is 32.1 Å². The summed E-state index contributed by atoms with van der Waals surface area (Å²) in [5.74, 6) is 1.01. The molecule has 0 unspecified atom stereocenters. The number of piperidine rings is 1. The van der Waals surface area contributed by atoms with Crippen molar-refractivity contribution in [2.45, 2.75) is 32.1 Å². The number of piperazine rings is 1. The lowest BCUT2D eigenvalue weighted by Gasteiger charge is -2.53. The second kappa shape index (κ2) is 5.48. The molecule has 3 nitrogen and oxygen atoms in total. The predicted molar refractivity (Wildman–Crippen MR) is 75.8 cm³/mol.